The first-order valence-electron chi connectivity index (χ1n) is 7.45. The molecule has 6 heteroatoms. The average Bonchev–Trinajstić information content (AvgIpc) is 2.50. The number of carbonyl (C=O) groups is 1. The summed E-state index contributed by atoms with van der Waals surface area (Å²) in [7, 11) is 1.65. The van der Waals surface area contributed by atoms with Gasteiger partial charge in [0.1, 0.15) is 11.6 Å². The zero-order chi connectivity index (χ0) is 16.0. The normalized spacial score (nSPS) is 17.2. The zero-order valence-corrected chi connectivity index (χ0v) is 12.8. The van der Waals surface area contributed by atoms with Gasteiger partial charge in [-0.25, -0.2) is 8.78 Å². The molecule has 1 aliphatic heterocycles. The lowest BCUT2D eigenvalue weighted by Gasteiger charge is -2.37. The van der Waals surface area contributed by atoms with Crippen molar-refractivity contribution in [1.29, 1.82) is 0 Å². The Kier molecular flexibility index (Phi) is 5.85. The lowest BCUT2D eigenvalue weighted by Crippen LogP contribution is -2.47. The van der Waals surface area contributed by atoms with Gasteiger partial charge in [0, 0.05) is 24.6 Å². The van der Waals surface area contributed by atoms with Crippen LogP contribution in [0.25, 0.3) is 0 Å². The van der Waals surface area contributed by atoms with Gasteiger partial charge >= 0.3 is 0 Å². The number of hydrogen-bond donors (Lipinski definition) is 2. The molecule has 1 aliphatic rings. The lowest BCUT2D eigenvalue weighted by molar-refractivity contribution is -0.121. The molecular weight excluding hydrogens is 290 g/mol. The molecule has 122 valence electrons. The van der Waals surface area contributed by atoms with Crippen LogP contribution >= 0.6 is 0 Å². The van der Waals surface area contributed by atoms with E-state index in [4.69, 9.17) is 4.74 Å². The minimum absolute atomic E-state index is 0.0728. The summed E-state index contributed by atoms with van der Waals surface area (Å²) in [6.45, 7) is 2.83. The van der Waals surface area contributed by atoms with Crippen molar-refractivity contribution in [1.82, 2.24) is 10.6 Å². The van der Waals surface area contributed by atoms with Crippen molar-refractivity contribution in [3.05, 3.63) is 35.4 Å². The molecule has 1 aromatic rings. The first-order chi connectivity index (χ1) is 10.5. The molecule has 0 saturated carbocycles. The second-order valence-corrected chi connectivity index (χ2v) is 5.87. The number of piperidine rings is 1. The smallest absolute Gasteiger partial charge is 0.224 e. The molecule has 0 spiro atoms. The first kappa shape index (κ1) is 16.8. The van der Waals surface area contributed by atoms with Crippen LogP contribution in [-0.2, 0) is 16.0 Å². The highest BCUT2D eigenvalue weighted by Gasteiger charge is 2.32. The molecule has 0 bridgehead atoms. The minimum atomic E-state index is -0.565. The van der Waals surface area contributed by atoms with Gasteiger partial charge in [0.05, 0.1) is 13.0 Å². The molecule has 2 N–H and O–H groups in total. The third-order valence-electron chi connectivity index (χ3n) is 4.13. The van der Waals surface area contributed by atoms with Crippen molar-refractivity contribution in [2.75, 3.05) is 33.4 Å². The highest BCUT2D eigenvalue weighted by Crippen LogP contribution is 2.28. The van der Waals surface area contributed by atoms with E-state index in [1.807, 2.05) is 0 Å². The zero-order valence-electron chi connectivity index (χ0n) is 12.8. The lowest BCUT2D eigenvalue weighted by atomic mass is 9.79. The SMILES string of the molecule is COCC1(CNC(=O)Cc2cc(F)ccc2F)CCNCC1. The van der Waals surface area contributed by atoms with Crippen LogP contribution in [0.15, 0.2) is 18.2 Å². The maximum absolute atomic E-state index is 13.5. The van der Waals surface area contributed by atoms with Crippen molar-refractivity contribution in [3.63, 3.8) is 0 Å². The van der Waals surface area contributed by atoms with Crippen LogP contribution < -0.4 is 10.6 Å². The second kappa shape index (κ2) is 7.65. The van der Waals surface area contributed by atoms with Crippen LogP contribution in [0.2, 0.25) is 0 Å². The van der Waals surface area contributed by atoms with Gasteiger partial charge in [-0.2, -0.15) is 0 Å². The Morgan fingerprint density at radius 3 is 2.77 bits per heavy atom. The fraction of sp³-hybridized carbons (Fsp3) is 0.562. The molecule has 2 rings (SSSR count). The van der Waals surface area contributed by atoms with E-state index in [1.165, 1.54) is 0 Å². The molecule has 0 aromatic heterocycles. The van der Waals surface area contributed by atoms with E-state index in [9.17, 15) is 13.6 Å². The third-order valence-corrected chi connectivity index (χ3v) is 4.13. The molecule has 1 fully saturated rings. The fourth-order valence-electron chi connectivity index (χ4n) is 2.84. The number of methoxy groups -OCH3 is 1. The van der Waals surface area contributed by atoms with Crippen molar-refractivity contribution in [2.24, 2.45) is 5.41 Å². The summed E-state index contributed by atoms with van der Waals surface area (Å²) in [4.78, 5) is 12.0. The van der Waals surface area contributed by atoms with Crippen molar-refractivity contribution < 1.29 is 18.3 Å². The van der Waals surface area contributed by atoms with E-state index >= 15 is 0 Å². The summed E-state index contributed by atoms with van der Waals surface area (Å²) < 4.78 is 31.9. The van der Waals surface area contributed by atoms with Crippen LogP contribution in [0.5, 0.6) is 0 Å². The summed E-state index contributed by atoms with van der Waals surface area (Å²) in [5.74, 6) is -1.41. The number of rotatable bonds is 6. The molecule has 0 unspecified atom stereocenters. The Morgan fingerprint density at radius 2 is 2.09 bits per heavy atom. The molecule has 1 saturated heterocycles. The molecule has 0 atom stereocenters. The highest BCUT2D eigenvalue weighted by atomic mass is 19.1. The Balaban J connectivity index is 1.92. The topological polar surface area (TPSA) is 50.4 Å². The molecule has 0 radical (unpaired) electrons. The number of ether oxygens (including phenoxy) is 1. The predicted molar refractivity (Wildman–Crippen MR) is 79.5 cm³/mol. The second-order valence-electron chi connectivity index (χ2n) is 5.87. The number of nitrogens with one attached hydrogen (secondary N) is 2. The van der Waals surface area contributed by atoms with E-state index in [2.05, 4.69) is 10.6 Å². The number of halogens is 2. The average molecular weight is 312 g/mol. The van der Waals surface area contributed by atoms with Gasteiger partial charge in [-0.3, -0.25) is 4.79 Å². The standard InChI is InChI=1S/C16H22F2N2O2/c1-22-11-16(4-6-19-7-5-16)10-20-15(21)9-12-8-13(17)2-3-14(12)18/h2-3,8,19H,4-7,9-11H2,1H3,(H,20,21). The highest BCUT2D eigenvalue weighted by molar-refractivity contribution is 5.78. The molecule has 1 amide bonds. The van der Waals surface area contributed by atoms with E-state index < -0.39 is 11.6 Å². The van der Waals surface area contributed by atoms with Gasteiger partial charge < -0.3 is 15.4 Å². The molecule has 1 heterocycles. The van der Waals surface area contributed by atoms with Gasteiger partial charge in [-0.15, -0.1) is 0 Å². The van der Waals surface area contributed by atoms with Crippen LogP contribution in [-0.4, -0.2) is 39.3 Å². The maximum Gasteiger partial charge on any atom is 0.224 e. The predicted octanol–water partition coefficient (Wildman–Crippen LogP) is 1.64. The maximum atomic E-state index is 13.5. The van der Waals surface area contributed by atoms with E-state index in [0.29, 0.717) is 13.2 Å². The largest absolute Gasteiger partial charge is 0.384 e. The van der Waals surface area contributed by atoms with Crippen LogP contribution in [0.1, 0.15) is 18.4 Å². The molecule has 0 aliphatic carbocycles. The van der Waals surface area contributed by atoms with Crippen LogP contribution in [0.3, 0.4) is 0 Å². The summed E-state index contributed by atoms with van der Waals surface area (Å²) in [6, 6.07) is 3.14. The van der Waals surface area contributed by atoms with Gasteiger partial charge in [-0.05, 0) is 44.1 Å². The van der Waals surface area contributed by atoms with Gasteiger partial charge in [-0.1, -0.05) is 0 Å². The minimum Gasteiger partial charge on any atom is -0.384 e. The van der Waals surface area contributed by atoms with Crippen molar-refractivity contribution in [3.8, 4) is 0 Å². The molecule has 4 nitrogen and oxygen atoms in total. The van der Waals surface area contributed by atoms with Crippen LogP contribution in [0.4, 0.5) is 8.78 Å². The monoisotopic (exact) mass is 312 g/mol. The van der Waals surface area contributed by atoms with Crippen LogP contribution in [0, 0.1) is 17.0 Å². The van der Waals surface area contributed by atoms with E-state index in [1.54, 1.807) is 7.11 Å². The van der Waals surface area contributed by atoms with E-state index in [0.717, 1.165) is 44.1 Å². The molecular formula is C16H22F2N2O2. The Labute approximate surface area is 129 Å². The Morgan fingerprint density at radius 1 is 1.36 bits per heavy atom. The van der Waals surface area contributed by atoms with Gasteiger partial charge in [0.25, 0.3) is 0 Å². The number of hydrogen-bond acceptors (Lipinski definition) is 3. The molecule has 1 aromatic carbocycles. The number of benzene rings is 1. The third kappa shape index (κ3) is 4.48. The number of carbonyl (C=O) groups excluding carboxylic acids is 1. The van der Waals surface area contributed by atoms with Gasteiger partial charge in [0.15, 0.2) is 0 Å². The summed E-state index contributed by atoms with van der Waals surface area (Å²) in [6.07, 6.45) is 1.66. The van der Waals surface area contributed by atoms with Crippen molar-refractivity contribution >= 4 is 5.91 Å². The Bertz CT molecular complexity index is 511. The number of amides is 1. The summed E-state index contributed by atoms with van der Waals surface area (Å²) >= 11 is 0. The summed E-state index contributed by atoms with van der Waals surface area (Å²) in [5.41, 5.74) is -0.0144. The quantitative estimate of drug-likeness (QED) is 0.839. The summed E-state index contributed by atoms with van der Waals surface area (Å²) in [5, 5.41) is 6.12. The molecule has 22 heavy (non-hydrogen) atoms. The fourth-order valence-corrected chi connectivity index (χ4v) is 2.84. The van der Waals surface area contributed by atoms with Gasteiger partial charge in [0.2, 0.25) is 5.91 Å². The van der Waals surface area contributed by atoms with Crippen molar-refractivity contribution in [2.45, 2.75) is 19.3 Å². The van der Waals surface area contributed by atoms with E-state index in [-0.39, 0.29) is 23.3 Å². The first-order valence-corrected chi connectivity index (χ1v) is 7.45. The Hall–Kier alpha value is -1.53.